The minimum absolute atomic E-state index is 0.0256. The van der Waals surface area contributed by atoms with Crippen molar-refractivity contribution in [3.8, 4) is 11.5 Å². The second kappa shape index (κ2) is 14.8. The lowest BCUT2D eigenvalue weighted by atomic mass is 9.89. The zero-order valence-electron chi connectivity index (χ0n) is 23.3. The molecular formula is C33H35N3O4S. The molecular weight excluding hydrogens is 534 g/mol. The maximum absolute atomic E-state index is 13.0. The smallest absolute Gasteiger partial charge is 0.261 e. The van der Waals surface area contributed by atoms with Crippen molar-refractivity contribution < 1.29 is 19.1 Å². The SMILES string of the molecule is COc1ccc(NC(=O)CCC2C=CC(NC(=S)NC(=O)c3ccccc3OCCc3ccccc3)=C(C)C2)cc1. The number of nitrogens with one attached hydrogen (secondary N) is 3. The summed E-state index contributed by atoms with van der Waals surface area (Å²) in [5.41, 5.74) is 4.29. The predicted molar refractivity (Wildman–Crippen MR) is 166 cm³/mol. The molecule has 3 N–H and O–H groups in total. The van der Waals surface area contributed by atoms with E-state index >= 15 is 0 Å². The first-order valence-electron chi connectivity index (χ1n) is 13.6. The van der Waals surface area contributed by atoms with Gasteiger partial charge in [-0.2, -0.15) is 0 Å². The van der Waals surface area contributed by atoms with Crippen molar-refractivity contribution >= 4 is 34.8 Å². The number of methoxy groups -OCH3 is 1. The van der Waals surface area contributed by atoms with Crippen molar-refractivity contribution in [1.82, 2.24) is 10.6 Å². The standard InChI is InChI=1S/C33H35N3O4S/c1-23-22-25(13-19-31(37)34-26-14-16-27(39-2)17-15-26)12-18-29(23)35-33(41)36-32(38)28-10-6-7-11-30(28)40-21-20-24-8-4-3-5-9-24/h3-12,14-18,25H,13,19-22H2,1-2H3,(H,34,37)(H2,35,36,38,41). The number of para-hydroxylation sites is 1. The zero-order valence-corrected chi connectivity index (χ0v) is 24.1. The summed E-state index contributed by atoms with van der Waals surface area (Å²) >= 11 is 5.44. The number of amides is 2. The van der Waals surface area contributed by atoms with Crippen LogP contribution in [0.3, 0.4) is 0 Å². The Balaban J connectivity index is 1.23. The maximum atomic E-state index is 13.0. The maximum Gasteiger partial charge on any atom is 0.261 e. The minimum Gasteiger partial charge on any atom is -0.497 e. The Labute approximate surface area is 246 Å². The third-order valence-electron chi connectivity index (χ3n) is 6.78. The first kappa shape index (κ1) is 29.6. The Kier molecular flexibility index (Phi) is 10.7. The lowest BCUT2D eigenvalue weighted by Gasteiger charge is -2.22. The Morgan fingerprint density at radius 1 is 0.951 bits per heavy atom. The van der Waals surface area contributed by atoms with Crippen LogP contribution in [0.4, 0.5) is 5.69 Å². The molecule has 3 aromatic carbocycles. The van der Waals surface area contributed by atoms with E-state index in [-0.39, 0.29) is 22.8 Å². The monoisotopic (exact) mass is 569 g/mol. The van der Waals surface area contributed by atoms with Gasteiger partial charge in [0.25, 0.3) is 5.91 Å². The molecule has 0 radical (unpaired) electrons. The van der Waals surface area contributed by atoms with Crippen LogP contribution in [0, 0.1) is 5.92 Å². The number of allylic oxidation sites excluding steroid dienone is 3. The number of carbonyl (C=O) groups excluding carboxylic acids is 2. The first-order chi connectivity index (χ1) is 19.9. The molecule has 3 aromatic rings. The van der Waals surface area contributed by atoms with E-state index < -0.39 is 0 Å². The molecule has 0 aromatic heterocycles. The Morgan fingerprint density at radius 3 is 2.41 bits per heavy atom. The van der Waals surface area contributed by atoms with E-state index in [4.69, 9.17) is 21.7 Å². The molecule has 0 spiro atoms. The van der Waals surface area contributed by atoms with E-state index in [9.17, 15) is 9.59 Å². The summed E-state index contributed by atoms with van der Waals surface area (Å²) in [5.74, 6) is 1.13. The normalized spacial score (nSPS) is 14.2. The van der Waals surface area contributed by atoms with Crippen LogP contribution < -0.4 is 25.4 Å². The molecule has 1 aliphatic rings. The Hall–Kier alpha value is -4.43. The van der Waals surface area contributed by atoms with E-state index in [1.807, 2.05) is 73.7 Å². The number of thiocarbonyl (C=S) groups is 1. The molecule has 0 saturated carbocycles. The molecule has 2 amide bonds. The van der Waals surface area contributed by atoms with Gasteiger partial charge in [-0.25, -0.2) is 0 Å². The summed E-state index contributed by atoms with van der Waals surface area (Å²) in [6, 6.07) is 24.5. The molecule has 0 heterocycles. The second-order valence-electron chi connectivity index (χ2n) is 9.82. The molecule has 0 saturated heterocycles. The van der Waals surface area contributed by atoms with Crippen molar-refractivity contribution in [2.24, 2.45) is 5.92 Å². The number of benzene rings is 3. The summed E-state index contributed by atoms with van der Waals surface area (Å²) in [7, 11) is 1.61. The van der Waals surface area contributed by atoms with Crippen LogP contribution in [0.2, 0.25) is 0 Å². The first-order valence-corrected chi connectivity index (χ1v) is 14.0. The fraction of sp³-hybridized carbons (Fsp3) is 0.242. The number of rotatable bonds is 11. The highest BCUT2D eigenvalue weighted by Crippen LogP contribution is 2.26. The van der Waals surface area contributed by atoms with Crippen LogP contribution in [0.5, 0.6) is 11.5 Å². The molecule has 1 unspecified atom stereocenters. The quantitative estimate of drug-likeness (QED) is 0.239. The van der Waals surface area contributed by atoms with Crippen LogP contribution >= 0.6 is 12.2 Å². The highest BCUT2D eigenvalue weighted by molar-refractivity contribution is 7.80. The van der Waals surface area contributed by atoms with Crippen LogP contribution in [0.25, 0.3) is 0 Å². The van der Waals surface area contributed by atoms with E-state index in [2.05, 4.69) is 22.0 Å². The van der Waals surface area contributed by atoms with E-state index in [1.165, 1.54) is 5.56 Å². The van der Waals surface area contributed by atoms with Gasteiger partial charge in [0.1, 0.15) is 11.5 Å². The number of hydrogen-bond donors (Lipinski definition) is 3. The highest BCUT2D eigenvalue weighted by atomic mass is 32.1. The molecule has 4 rings (SSSR count). The third-order valence-corrected chi connectivity index (χ3v) is 6.98. The van der Waals surface area contributed by atoms with Crippen LogP contribution in [-0.2, 0) is 11.2 Å². The molecule has 8 heteroatoms. The van der Waals surface area contributed by atoms with Crippen molar-refractivity contribution in [2.75, 3.05) is 19.0 Å². The summed E-state index contributed by atoms with van der Waals surface area (Å²) in [5, 5.41) is 9.05. The van der Waals surface area contributed by atoms with E-state index in [0.29, 0.717) is 24.3 Å². The van der Waals surface area contributed by atoms with Crippen LogP contribution in [-0.4, -0.2) is 30.6 Å². The summed E-state index contributed by atoms with van der Waals surface area (Å²) in [4.78, 5) is 25.4. The fourth-order valence-corrected chi connectivity index (χ4v) is 4.74. The summed E-state index contributed by atoms with van der Waals surface area (Å²) in [6.07, 6.45) is 6.72. The average Bonchev–Trinajstić information content (AvgIpc) is 2.98. The summed E-state index contributed by atoms with van der Waals surface area (Å²) < 4.78 is 11.1. The molecule has 1 aliphatic carbocycles. The number of hydrogen-bond acceptors (Lipinski definition) is 5. The van der Waals surface area contributed by atoms with Crippen molar-refractivity contribution in [2.45, 2.75) is 32.6 Å². The number of carbonyl (C=O) groups is 2. The fourth-order valence-electron chi connectivity index (χ4n) is 4.53. The van der Waals surface area contributed by atoms with Gasteiger partial charge in [0, 0.05) is 24.2 Å². The van der Waals surface area contributed by atoms with Crippen molar-refractivity contribution in [3.63, 3.8) is 0 Å². The lowest BCUT2D eigenvalue weighted by molar-refractivity contribution is -0.116. The molecule has 1 atom stereocenters. The molecule has 7 nitrogen and oxygen atoms in total. The van der Waals surface area contributed by atoms with Gasteiger partial charge in [0.05, 0.1) is 19.3 Å². The van der Waals surface area contributed by atoms with Gasteiger partial charge in [-0.05, 0) is 91.5 Å². The zero-order chi connectivity index (χ0) is 29.0. The second-order valence-corrected chi connectivity index (χ2v) is 10.2. The molecule has 41 heavy (non-hydrogen) atoms. The number of anilines is 1. The summed E-state index contributed by atoms with van der Waals surface area (Å²) in [6.45, 7) is 2.48. The Morgan fingerprint density at radius 2 is 1.68 bits per heavy atom. The largest absolute Gasteiger partial charge is 0.497 e. The molecule has 212 valence electrons. The number of ether oxygens (including phenoxy) is 2. The average molecular weight is 570 g/mol. The molecule has 0 aliphatic heterocycles. The van der Waals surface area contributed by atoms with Gasteiger partial charge in [-0.3, -0.25) is 14.9 Å². The highest BCUT2D eigenvalue weighted by Gasteiger charge is 2.18. The van der Waals surface area contributed by atoms with Crippen molar-refractivity contribution in [3.05, 3.63) is 113 Å². The van der Waals surface area contributed by atoms with E-state index in [0.717, 1.165) is 42.0 Å². The van der Waals surface area contributed by atoms with Gasteiger partial charge in [0.2, 0.25) is 5.91 Å². The van der Waals surface area contributed by atoms with Crippen LogP contribution in [0.15, 0.2) is 102 Å². The molecule has 0 bridgehead atoms. The van der Waals surface area contributed by atoms with Gasteiger partial charge in [0.15, 0.2) is 5.11 Å². The van der Waals surface area contributed by atoms with Gasteiger partial charge in [-0.1, -0.05) is 48.5 Å². The van der Waals surface area contributed by atoms with Crippen molar-refractivity contribution in [1.29, 1.82) is 0 Å². The third kappa shape index (κ3) is 9.05. The predicted octanol–water partition coefficient (Wildman–Crippen LogP) is 6.19. The lowest BCUT2D eigenvalue weighted by Crippen LogP contribution is -2.39. The van der Waals surface area contributed by atoms with Gasteiger partial charge in [-0.15, -0.1) is 0 Å². The molecule has 0 fully saturated rings. The Bertz CT molecular complexity index is 1420. The topological polar surface area (TPSA) is 88.7 Å². The van der Waals surface area contributed by atoms with Gasteiger partial charge < -0.3 is 20.1 Å². The van der Waals surface area contributed by atoms with E-state index in [1.54, 1.807) is 25.3 Å². The minimum atomic E-state index is -0.336. The van der Waals surface area contributed by atoms with Crippen LogP contribution in [0.1, 0.15) is 42.1 Å². The van der Waals surface area contributed by atoms with Gasteiger partial charge >= 0.3 is 0 Å².